The molecule has 0 saturated carbocycles. The molecule has 228 valence electrons. The third kappa shape index (κ3) is 3.95. The highest BCUT2D eigenvalue weighted by atomic mass is 16.7. The zero-order valence-corrected chi connectivity index (χ0v) is 27.1. The third-order valence-corrected chi connectivity index (χ3v) is 10.8. The second-order valence-corrected chi connectivity index (χ2v) is 13.9. The van der Waals surface area contributed by atoms with Crippen LogP contribution in [0.5, 0.6) is 0 Å². The summed E-state index contributed by atoms with van der Waals surface area (Å²) in [5.41, 5.74) is 11.1. The summed E-state index contributed by atoms with van der Waals surface area (Å²) in [6.45, 7) is 8.34. The Morgan fingerprint density at radius 3 is 1.70 bits per heavy atom. The number of furan rings is 1. The van der Waals surface area contributed by atoms with Gasteiger partial charge in [-0.2, -0.15) is 0 Å². The topological polar surface area (TPSA) is 31.6 Å². The van der Waals surface area contributed by atoms with E-state index >= 15 is 0 Å². The van der Waals surface area contributed by atoms with Crippen molar-refractivity contribution in [1.29, 1.82) is 0 Å². The molecule has 0 spiro atoms. The molecule has 0 atom stereocenters. The lowest BCUT2D eigenvalue weighted by molar-refractivity contribution is 0.00578. The Labute approximate surface area is 275 Å². The van der Waals surface area contributed by atoms with Crippen LogP contribution in [0.25, 0.3) is 44.2 Å². The van der Waals surface area contributed by atoms with Gasteiger partial charge < -0.3 is 13.7 Å². The molecule has 9 rings (SSSR count). The fraction of sp³-hybridized carbons (Fsp3) is 0.163. The molecule has 7 aromatic rings. The molecular weight excluding hydrogens is 575 g/mol. The Morgan fingerprint density at radius 2 is 1.02 bits per heavy atom. The van der Waals surface area contributed by atoms with Crippen molar-refractivity contribution in [2.45, 2.75) is 44.3 Å². The normalized spacial score (nSPS) is 17.2. The number of fused-ring (bicyclic) bond motifs is 6. The quantitative estimate of drug-likeness (QED) is 0.186. The van der Waals surface area contributed by atoms with Crippen LogP contribution in [-0.2, 0) is 14.7 Å². The summed E-state index contributed by atoms with van der Waals surface area (Å²) >= 11 is 0. The Hall–Kier alpha value is -4.90. The Morgan fingerprint density at radius 1 is 0.468 bits per heavy atom. The van der Waals surface area contributed by atoms with E-state index in [4.69, 9.17) is 13.7 Å². The number of para-hydroxylation sites is 2. The first kappa shape index (κ1) is 28.3. The maximum Gasteiger partial charge on any atom is 0.498 e. The molecule has 47 heavy (non-hydrogen) atoms. The van der Waals surface area contributed by atoms with Crippen LogP contribution in [-0.4, -0.2) is 18.3 Å². The molecule has 3 nitrogen and oxygen atoms in total. The first-order valence-electron chi connectivity index (χ1n) is 16.5. The third-order valence-electron chi connectivity index (χ3n) is 10.8. The lowest BCUT2D eigenvalue weighted by atomic mass is 9.67. The minimum absolute atomic E-state index is 0.441. The molecular formula is C43H35BO3. The molecule has 1 fully saturated rings. The Bertz CT molecular complexity index is 2260. The van der Waals surface area contributed by atoms with Gasteiger partial charge in [-0.25, -0.2) is 0 Å². The number of hydrogen-bond acceptors (Lipinski definition) is 3. The van der Waals surface area contributed by atoms with Gasteiger partial charge in [-0.3, -0.25) is 0 Å². The standard InChI is InChI=1S/C43H35BO3/c1-41(2)42(3,4)47-44(46-41)38-24-14-22-35-34-21-13-20-31(39(34)45-40(35)38)28-25-26-33-32-19-11-12-23-36(32)43(37(33)27-28,29-15-7-5-8-16-29)30-17-9-6-10-18-30/h5-27H,1-4H3. The van der Waals surface area contributed by atoms with Crippen molar-refractivity contribution in [2.75, 3.05) is 0 Å². The first-order valence-corrected chi connectivity index (χ1v) is 16.5. The first-order chi connectivity index (χ1) is 22.8. The fourth-order valence-corrected chi connectivity index (χ4v) is 7.84. The molecule has 0 unspecified atom stereocenters. The van der Waals surface area contributed by atoms with Gasteiger partial charge in [0.15, 0.2) is 0 Å². The number of benzene rings is 6. The van der Waals surface area contributed by atoms with Gasteiger partial charge in [-0.15, -0.1) is 0 Å². The molecule has 1 aliphatic heterocycles. The molecule has 2 aliphatic rings. The van der Waals surface area contributed by atoms with E-state index in [2.05, 4.69) is 167 Å². The average Bonchev–Trinajstić information content (AvgIpc) is 3.69. The smallest absolute Gasteiger partial charge is 0.456 e. The number of rotatable bonds is 4. The summed E-state index contributed by atoms with van der Waals surface area (Å²) < 4.78 is 19.8. The van der Waals surface area contributed by atoms with E-state index in [0.717, 1.165) is 38.5 Å². The maximum atomic E-state index is 6.86. The lowest BCUT2D eigenvalue weighted by Crippen LogP contribution is -2.41. The van der Waals surface area contributed by atoms with E-state index < -0.39 is 23.7 Å². The Balaban J connectivity index is 1.27. The molecule has 1 aromatic heterocycles. The highest BCUT2D eigenvalue weighted by Crippen LogP contribution is 2.57. The second-order valence-electron chi connectivity index (χ2n) is 13.9. The fourth-order valence-electron chi connectivity index (χ4n) is 7.84. The molecule has 0 bridgehead atoms. The van der Waals surface area contributed by atoms with E-state index in [1.165, 1.54) is 33.4 Å². The van der Waals surface area contributed by atoms with Crippen molar-refractivity contribution < 1.29 is 13.7 Å². The van der Waals surface area contributed by atoms with E-state index in [-0.39, 0.29) is 0 Å². The van der Waals surface area contributed by atoms with Crippen molar-refractivity contribution in [3.05, 3.63) is 162 Å². The van der Waals surface area contributed by atoms with E-state index in [9.17, 15) is 0 Å². The van der Waals surface area contributed by atoms with Crippen LogP contribution < -0.4 is 5.46 Å². The summed E-state index contributed by atoms with van der Waals surface area (Å²) in [4.78, 5) is 0. The van der Waals surface area contributed by atoms with Gasteiger partial charge in [0.25, 0.3) is 0 Å². The van der Waals surface area contributed by atoms with Crippen LogP contribution in [0.1, 0.15) is 49.9 Å². The predicted octanol–water partition coefficient (Wildman–Crippen LogP) is 9.92. The van der Waals surface area contributed by atoms with Crippen LogP contribution in [0, 0.1) is 0 Å². The number of hydrogen-bond donors (Lipinski definition) is 0. The summed E-state index contributed by atoms with van der Waals surface area (Å²) in [6.07, 6.45) is 0. The SMILES string of the molecule is CC1(C)OB(c2cccc3c2oc2c(-c4ccc5c(c4)C(c4ccccc4)(c4ccccc4)c4ccccc4-5)cccc23)OC1(C)C. The van der Waals surface area contributed by atoms with Gasteiger partial charge in [0.05, 0.1) is 16.6 Å². The van der Waals surface area contributed by atoms with Crippen molar-refractivity contribution in [2.24, 2.45) is 0 Å². The van der Waals surface area contributed by atoms with Crippen molar-refractivity contribution in [3.8, 4) is 22.3 Å². The summed E-state index contributed by atoms with van der Waals surface area (Å²) in [6, 6.07) is 50.4. The average molecular weight is 611 g/mol. The molecule has 4 heteroatoms. The van der Waals surface area contributed by atoms with Crippen molar-refractivity contribution in [3.63, 3.8) is 0 Å². The van der Waals surface area contributed by atoms with Gasteiger partial charge in [0.2, 0.25) is 0 Å². The molecule has 0 amide bonds. The lowest BCUT2D eigenvalue weighted by Gasteiger charge is -2.34. The molecule has 6 aromatic carbocycles. The summed E-state index contributed by atoms with van der Waals surface area (Å²) in [5.74, 6) is 0. The minimum Gasteiger partial charge on any atom is -0.456 e. The largest absolute Gasteiger partial charge is 0.498 e. The molecule has 0 radical (unpaired) electrons. The highest BCUT2D eigenvalue weighted by molar-refractivity contribution is 6.65. The summed E-state index contributed by atoms with van der Waals surface area (Å²) in [5, 5.41) is 2.14. The molecule has 0 N–H and O–H groups in total. The van der Waals surface area contributed by atoms with Crippen molar-refractivity contribution >= 4 is 34.5 Å². The van der Waals surface area contributed by atoms with Gasteiger partial charge in [0, 0.05) is 21.8 Å². The van der Waals surface area contributed by atoms with E-state index in [1.54, 1.807) is 0 Å². The minimum atomic E-state index is -0.511. The Kier molecular flexibility index (Phi) is 6.06. The van der Waals surface area contributed by atoms with Crippen LogP contribution in [0.4, 0.5) is 0 Å². The monoisotopic (exact) mass is 610 g/mol. The molecule has 1 saturated heterocycles. The van der Waals surface area contributed by atoms with Gasteiger partial charge in [0.1, 0.15) is 11.2 Å². The zero-order chi connectivity index (χ0) is 32.0. The van der Waals surface area contributed by atoms with Crippen molar-refractivity contribution in [1.82, 2.24) is 0 Å². The highest BCUT2D eigenvalue weighted by Gasteiger charge is 2.52. The van der Waals surface area contributed by atoms with Crippen LogP contribution in [0.15, 0.2) is 144 Å². The molecule has 1 aliphatic carbocycles. The van der Waals surface area contributed by atoms with Gasteiger partial charge >= 0.3 is 7.12 Å². The summed E-state index contributed by atoms with van der Waals surface area (Å²) in [7, 11) is -0.511. The molecule has 2 heterocycles. The second kappa shape index (κ2) is 10.1. The maximum absolute atomic E-state index is 6.86. The van der Waals surface area contributed by atoms with Crippen LogP contribution in [0.2, 0.25) is 0 Å². The van der Waals surface area contributed by atoms with Crippen LogP contribution in [0.3, 0.4) is 0 Å². The van der Waals surface area contributed by atoms with Crippen LogP contribution >= 0.6 is 0 Å². The van der Waals surface area contributed by atoms with E-state index in [1.807, 2.05) is 0 Å². The van der Waals surface area contributed by atoms with Gasteiger partial charge in [-0.1, -0.05) is 133 Å². The van der Waals surface area contributed by atoms with E-state index in [0.29, 0.717) is 0 Å². The predicted molar refractivity (Wildman–Crippen MR) is 192 cm³/mol. The zero-order valence-electron chi connectivity index (χ0n) is 27.1. The van der Waals surface area contributed by atoms with Gasteiger partial charge in [-0.05, 0) is 72.7 Å².